The highest BCUT2D eigenvalue weighted by atomic mass is 32.2. The Labute approximate surface area is 286 Å². The van der Waals surface area contributed by atoms with E-state index in [1.165, 1.54) is 0 Å². The highest BCUT2D eigenvalue weighted by Gasteiger charge is 2.35. The van der Waals surface area contributed by atoms with E-state index < -0.39 is 74.3 Å². The van der Waals surface area contributed by atoms with Crippen molar-refractivity contribution < 1.29 is 41.7 Å². The van der Waals surface area contributed by atoms with Crippen molar-refractivity contribution >= 4 is 21.7 Å². The predicted octanol–water partition coefficient (Wildman–Crippen LogP) is 4.09. The Morgan fingerprint density at radius 1 is 0.918 bits per heavy atom. The third-order valence-corrected chi connectivity index (χ3v) is 10.3. The highest BCUT2D eigenvalue weighted by Crippen LogP contribution is 2.20. The number of amides is 1. The van der Waals surface area contributed by atoms with Crippen LogP contribution < -0.4 is 16.4 Å². The van der Waals surface area contributed by atoms with Crippen molar-refractivity contribution in [1.82, 2.24) is 15.6 Å². The van der Waals surface area contributed by atoms with E-state index in [1.54, 1.807) is 0 Å². The van der Waals surface area contributed by atoms with Crippen LogP contribution in [-0.4, -0.2) is 71.2 Å². The largest absolute Gasteiger partial charge is 0.493 e. The van der Waals surface area contributed by atoms with Gasteiger partial charge in [-0.2, -0.15) is 4.98 Å². The van der Waals surface area contributed by atoms with Crippen molar-refractivity contribution in [3.63, 3.8) is 0 Å². The molecule has 2 aromatic carbocycles. The molecule has 0 aliphatic rings. The standard InChI is InChI=1S/C35H46F2N4O7S/c1-4-8-28(9-5-2)49(46,47)21-30(40-34(44)25-16-32(42)41-33(43)17-25)35(45)48-31(20-39-19-23-11-7-10-22(6-3)12-23)29(38)15-24-13-26(36)18-27(37)14-24/h7,10-14,16-18,28-31,39H,4-6,8-9,15,19-21,38H2,1-3H3,(H,40,44)(H2,41,42,43)/t29-,30?,31+/m0/s1. The molecule has 0 bridgehead atoms. The molecule has 268 valence electrons. The lowest BCUT2D eigenvalue weighted by atomic mass is 10.0. The summed E-state index contributed by atoms with van der Waals surface area (Å²) in [4.78, 5) is 30.4. The second kappa shape index (κ2) is 18.6. The number of aromatic nitrogens is 1. The van der Waals surface area contributed by atoms with E-state index in [2.05, 4.69) is 15.6 Å². The van der Waals surface area contributed by atoms with Gasteiger partial charge >= 0.3 is 5.97 Å². The fourth-order valence-electron chi connectivity index (χ4n) is 5.52. The summed E-state index contributed by atoms with van der Waals surface area (Å²) in [5.74, 6) is -5.82. The van der Waals surface area contributed by atoms with Gasteiger partial charge in [-0.25, -0.2) is 22.0 Å². The van der Waals surface area contributed by atoms with Gasteiger partial charge in [-0.3, -0.25) is 4.79 Å². The van der Waals surface area contributed by atoms with Gasteiger partial charge in [0.15, 0.2) is 9.84 Å². The summed E-state index contributed by atoms with van der Waals surface area (Å²) in [5.41, 5.74) is 8.47. The number of carbonyl (C=O) groups excluding carboxylic acids is 2. The number of hydrogen-bond acceptors (Lipinski definition) is 10. The van der Waals surface area contributed by atoms with Gasteiger partial charge in [-0.1, -0.05) is 57.9 Å². The number of aromatic hydroxyl groups is 2. The van der Waals surface area contributed by atoms with Crippen LogP contribution >= 0.6 is 0 Å². The van der Waals surface area contributed by atoms with E-state index in [0.717, 1.165) is 47.9 Å². The van der Waals surface area contributed by atoms with Crippen LogP contribution in [-0.2, 0) is 38.8 Å². The van der Waals surface area contributed by atoms with Crippen LogP contribution in [0.1, 0.15) is 73.5 Å². The maximum Gasteiger partial charge on any atom is 0.330 e. The number of halogens is 2. The number of aryl methyl sites for hydroxylation is 1. The van der Waals surface area contributed by atoms with Crippen molar-refractivity contribution in [2.24, 2.45) is 5.73 Å². The minimum absolute atomic E-state index is 0.0190. The smallest absolute Gasteiger partial charge is 0.330 e. The van der Waals surface area contributed by atoms with Gasteiger partial charge < -0.3 is 31.3 Å². The molecule has 0 aliphatic carbocycles. The Balaban J connectivity index is 1.92. The normalized spacial score (nSPS) is 13.5. The maximum atomic E-state index is 14.0. The molecule has 11 nitrogen and oxygen atoms in total. The summed E-state index contributed by atoms with van der Waals surface area (Å²) < 4.78 is 61.0. The third-order valence-electron chi connectivity index (χ3n) is 7.99. The topological polar surface area (TPSA) is 181 Å². The Morgan fingerprint density at radius 2 is 1.53 bits per heavy atom. The minimum atomic E-state index is -3.97. The number of ether oxygens (including phenoxy) is 1. The van der Waals surface area contributed by atoms with Gasteiger partial charge in [0.2, 0.25) is 11.8 Å². The SMILES string of the molecule is CCCC(CCC)S(=O)(=O)CC(NC(=O)c1cc(O)nc(O)c1)C(=O)O[C@H](CNCc1cccc(CC)c1)[C@@H](N)Cc1cc(F)cc(F)c1. The van der Waals surface area contributed by atoms with E-state index in [0.29, 0.717) is 32.2 Å². The summed E-state index contributed by atoms with van der Waals surface area (Å²) >= 11 is 0. The first-order valence-corrected chi connectivity index (χ1v) is 18.1. The lowest BCUT2D eigenvalue weighted by Gasteiger charge is -2.28. The molecule has 3 rings (SSSR count). The van der Waals surface area contributed by atoms with Crippen molar-refractivity contribution in [3.05, 3.63) is 88.5 Å². The number of esters is 1. The van der Waals surface area contributed by atoms with E-state index in [-0.39, 0.29) is 24.1 Å². The molecule has 3 atom stereocenters. The number of hydrogen-bond donors (Lipinski definition) is 5. The second-order valence-corrected chi connectivity index (χ2v) is 14.4. The van der Waals surface area contributed by atoms with Gasteiger partial charge in [-0.15, -0.1) is 0 Å². The molecule has 3 aromatic rings. The molecule has 14 heteroatoms. The van der Waals surface area contributed by atoms with Crippen LogP contribution in [0.5, 0.6) is 11.8 Å². The minimum Gasteiger partial charge on any atom is -0.493 e. The molecule has 49 heavy (non-hydrogen) atoms. The van der Waals surface area contributed by atoms with Crippen molar-refractivity contribution in [1.29, 1.82) is 0 Å². The molecular formula is C35H46F2N4O7S. The number of sulfone groups is 1. The molecule has 0 radical (unpaired) electrons. The molecular weight excluding hydrogens is 658 g/mol. The quantitative estimate of drug-likeness (QED) is 0.114. The van der Waals surface area contributed by atoms with Crippen molar-refractivity contribution in [3.8, 4) is 11.8 Å². The molecule has 0 fully saturated rings. The zero-order valence-corrected chi connectivity index (χ0v) is 28.8. The first-order chi connectivity index (χ1) is 23.2. The van der Waals surface area contributed by atoms with Gasteiger partial charge in [0, 0.05) is 37.3 Å². The summed E-state index contributed by atoms with van der Waals surface area (Å²) in [7, 11) is -3.97. The third kappa shape index (κ3) is 12.4. The molecule has 0 saturated carbocycles. The van der Waals surface area contributed by atoms with E-state index in [9.17, 15) is 37.0 Å². The maximum absolute atomic E-state index is 14.0. The monoisotopic (exact) mass is 704 g/mol. The molecule has 0 spiro atoms. The van der Waals surface area contributed by atoms with Crippen molar-refractivity contribution in [2.75, 3.05) is 12.3 Å². The van der Waals surface area contributed by atoms with Crippen molar-refractivity contribution in [2.45, 2.75) is 89.3 Å². The lowest BCUT2D eigenvalue weighted by Crippen LogP contribution is -2.52. The number of nitrogens with one attached hydrogen (secondary N) is 2. The molecule has 1 amide bonds. The molecule has 0 saturated heterocycles. The zero-order valence-electron chi connectivity index (χ0n) is 28.0. The molecule has 1 unspecified atom stereocenters. The van der Waals surface area contributed by atoms with E-state index in [1.807, 2.05) is 45.0 Å². The number of nitrogens with zero attached hydrogens (tertiary/aromatic N) is 1. The Hall–Kier alpha value is -4.14. The van der Waals surface area contributed by atoms with Crippen LogP contribution in [0.25, 0.3) is 0 Å². The van der Waals surface area contributed by atoms with Gasteiger partial charge in [0.1, 0.15) is 23.8 Å². The molecule has 1 aromatic heterocycles. The fourth-order valence-corrected chi connectivity index (χ4v) is 7.67. The van der Waals surface area contributed by atoms with Crippen LogP contribution in [0.15, 0.2) is 54.6 Å². The van der Waals surface area contributed by atoms with Crippen LogP contribution in [0, 0.1) is 11.6 Å². The summed E-state index contributed by atoms with van der Waals surface area (Å²) in [6, 6.07) is 9.94. The van der Waals surface area contributed by atoms with Crippen LogP contribution in [0.4, 0.5) is 8.78 Å². The molecule has 6 N–H and O–H groups in total. The van der Waals surface area contributed by atoms with E-state index >= 15 is 0 Å². The average Bonchev–Trinajstić information content (AvgIpc) is 3.02. The first kappa shape index (κ1) is 39.3. The average molecular weight is 705 g/mol. The number of nitrogens with two attached hydrogens (primary N) is 1. The van der Waals surface area contributed by atoms with Gasteiger partial charge in [0.05, 0.1) is 16.6 Å². The number of carbonyl (C=O) groups is 2. The van der Waals surface area contributed by atoms with Crippen LogP contribution in [0.2, 0.25) is 0 Å². The Kier molecular flexibility index (Phi) is 14.9. The highest BCUT2D eigenvalue weighted by molar-refractivity contribution is 7.92. The first-order valence-electron chi connectivity index (χ1n) is 16.4. The summed E-state index contributed by atoms with van der Waals surface area (Å²) in [6.07, 6.45) is 1.44. The van der Waals surface area contributed by atoms with Gasteiger partial charge in [-0.05, 0) is 54.5 Å². The molecule has 1 heterocycles. The van der Waals surface area contributed by atoms with E-state index in [4.69, 9.17) is 10.5 Å². The lowest BCUT2D eigenvalue weighted by molar-refractivity contribution is -0.151. The Bertz CT molecular complexity index is 1630. The summed E-state index contributed by atoms with van der Waals surface area (Å²) in [6.45, 7) is 6.06. The zero-order chi connectivity index (χ0) is 36.1. The molecule has 0 aliphatic heterocycles. The van der Waals surface area contributed by atoms with Crippen LogP contribution in [0.3, 0.4) is 0 Å². The fraction of sp³-hybridized carbons (Fsp3) is 0.457. The number of benzene rings is 2. The summed E-state index contributed by atoms with van der Waals surface area (Å²) in [5, 5.41) is 24.4. The number of rotatable bonds is 19. The number of pyridine rings is 1. The second-order valence-electron chi connectivity index (χ2n) is 12.1. The Morgan fingerprint density at radius 3 is 2.12 bits per heavy atom. The predicted molar refractivity (Wildman–Crippen MR) is 182 cm³/mol. The van der Waals surface area contributed by atoms with Gasteiger partial charge in [0.25, 0.3) is 5.91 Å².